The van der Waals surface area contributed by atoms with E-state index in [1.54, 1.807) is 19.1 Å². The number of amides is 1. The van der Waals surface area contributed by atoms with Crippen LogP contribution < -0.4 is 4.90 Å². The van der Waals surface area contributed by atoms with Gasteiger partial charge in [-0.3, -0.25) is 14.7 Å². The van der Waals surface area contributed by atoms with Crippen LogP contribution in [-0.2, 0) is 24.2 Å². The molecule has 0 fully saturated rings. The first-order valence-corrected chi connectivity index (χ1v) is 9.61. The monoisotopic (exact) mass is 401 g/mol. The number of halogens is 3. The van der Waals surface area contributed by atoms with Crippen molar-refractivity contribution in [3.05, 3.63) is 64.4 Å². The van der Waals surface area contributed by atoms with Gasteiger partial charge in [0.2, 0.25) is 5.91 Å². The van der Waals surface area contributed by atoms with Crippen molar-refractivity contribution < 1.29 is 13.6 Å². The third-order valence-corrected chi connectivity index (χ3v) is 5.52. The van der Waals surface area contributed by atoms with E-state index in [1.807, 2.05) is 12.1 Å². The molecule has 28 heavy (non-hydrogen) atoms. The van der Waals surface area contributed by atoms with Gasteiger partial charge < -0.3 is 0 Å². The summed E-state index contributed by atoms with van der Waals surface area (Å²) < 4.78 is 29.4. The minimum Gasteiger partial charge on any atom is -0.290 e. The molecule has 0 radical (unpaired) electrons. The molecule has 2 aromatic carbocycles. The van der Waals surface area contributed by atoms with E-state index in [0.29, 0.717) is 35.0 Å². The first-order chi connectivity index (χ1) is 13.5. The highest BCUT2D eigenvalue weighted by atomic mass is 35.5. The molecule has 1 aliphatic rings. The number of hydrogen-bond acceptors (Lipinski definition) is 3. The van der Waals surface area contributed by atoms with Crippen molar-refractivity contribution in [2.45, 2.75) is 32.7 Å². The number of fused-ring (bicyclic) bond motifs is 2. The maximum absolute atomic E-state index is 14.8. The first kappa shape index (κ1) is 18.7. The third-order valence-electron chi connectivity index (χ3n) is 5.29. The average Bonchev–Trinajstić information content (AvgIpc) is 3.22. The van der Waals surface area contributed by atoms with Crippen LogP contribution in [0.1, 0.15) is 28.7 Å². The Hall–Kier alpha value is -2.60. The van der Waals surface area contributed by atoms with Gasteiger partial charge in [0.25, 0.3) is 0 Å². The van der Waals surface area contributed by atoms with Crippen molar-refractivity contribution >= 4 is 34.4 Å². The minimum absolute atomic E-state index is 0.152. The lowest BCUT2D eigenvalue weighted by molar-refractivity contribution is -0.116. The van der Waals surface area contributed by atoms with E-state index in [4.69, 9.17) is 11.6 Å². The molecule has 3 aromatic rings. The largest absolute Gasteiger partial charge is 0.290 e. The Morgan fingerprint density at radius 2 is 1.86 bits per heavy atom. The van der Waals surface area contributed by atoms with E-state index < -0.39 is 17.5 Å². The highest BCUT2D eigenvalue weighted by molar-refractivity contribution is 6.29. The molecule has 1 aromatic heterocycles. The van der Waals surface area contributed by atoms with Gasteiger partial charge in [-0.05, 0) is 55.0 Å². The summed E-state index contributed by atoms with van der Waals surface area (Å²) in [5, 5.41) is 0. The molecule has 1 amide bonds. The molecular formula is C21H18ClF2N3O. The van der Waals surface area contributed by atoms with Gasteiger partial charge in [-0.25, -0.2) is 13.8 Å². The highest BCUT2D eigenvalue weighted by Gasteiger charge is 2.28. The Labute approximate surface area is 166 Å². The normalized spacial score (nSPS) is 13.0. The number of hydrogen-bond donors (Lipinski definition) is 0. The van der Waals surface area contributed by atoms with Crippen molar-refractivity contribution in [2.75, 3.05) is 10.8 Å². The highest BCUT2D eigenvalue weighted by Crippen LogP contribution is 2.33. The average molecular weight is 402 g/mol. The van der Waals surface area contributed by atoms with Crippen LogP contribution in [0.4, 0.5) is 14.6 Å². The van der Waals surface area contributed by atoms with Gasteiger partial charge >= 0.3 is 0 Å². The summed E-state index contributed by atoms with van der Waals surface area (Å²) in [4.78, 5) is 22.5. The molecule has 1 aliphatic carbocycles. The standard InChI is InChI=1S/C21H18ClF2N3O/c1-12-13-5-4-6-14(13)20(23)21(24)15(12)11-27(19(28)9-22)18-10-25-16-7-2-3-8-17(16)26-18/h2-3,7-8,10H,4-6,9,11H2,1H3. The van der Waals surface area contributed by atoms with Crippen LogP contribution in [-0.4, -0.2) is 21.8 Å². The van der Waals surface area contributed by atoms with Crippen molar-refractivity contribution in [3.63, 3.8) is 0 Å². The summed E-state index contributed by atoms with van der Waals surface area (Å²) in [7, 11) is 0. The van der Waals surface area contributed by atoms with Crippen molar-refractivity contribution in [2.24, 2.45) is 0 Å². The van der Waals surface area contributed by atoms with E-state index in [2.05, 4.69) is 9.97 Å². The summed E-state index contributed by atoms with van der Waals surface area (Å²) in [6.07, 6.45) is 3.50. The van der Waals surface area contributed by atoms with Crippen molar-refractivity contribution in [1.29, 1.82) is 0 Å². The van der Waals surface area contributed by atoms with Crippen LogP contribution in [0.2, 0.25) is 0 Å². The van der Waals surface area contributed by atoms with Crippen LogP contribution in [0.25, 0.3) is 11.0 Å². The Morgan fingerprint density at radius 1 is 1.14 bits per heavy atom. The number of benzene rings is 2. The molecular weight excluding hydrogens is 384 g/mol. The van der Waals surface area contributed by atoms with Gasteiger partial charge in [0.05, 0.1) is 23.8 Å². The molecule has 0 saturated carbocycles. The molecule has 0 bridgehead atoms. The SMILES string of the molecule is Cc1c(CN(C(=O)CCl)c2cnc3ccccc3n2)c(F)c(F)c2c1CCC2. The van der Waals surface area contributed by atoms with E-state index in [1.165, 1.54) is 11.1 Å². The maximum atomic E-state index is 14.8. The molecule has 0 spiro atoms. The van der Waals surface area contributed by atoms with Gasteiger partial charge in [-0.1, -0.05) is 12.1 Å². The van der Waals surface area contributed by atoms with Gasteiger partial charge in [0.15, 0.2) is 17.5 Å². The van der Waals surface area contributed by atoms with E-state index in [0.717, 1.165) is 12.0 Å². The number of alkyl halides is 1. The van der Waals surface area contributed by atoms with Crippen LogP contribution in [0.15, 0.2) is 30.5 Å². The topological polar surface area (TPSA) is 46.1 Å². The predicted molar refractivity (Wildman–Crippen MR) is 105 cm³/mol. The second-order valence-electron chi connectivity index (χ2n) is 6.87. The number of anilines is 1. The second-order valence-corrected chi connectivity index (χ2v) is 7.14. The molecule has 4 nitrogen and oxygen atoms in total. The van der Waals surface area contributed by atoms with E-state index in [9.17, 15) is 13.6 Å². The van der Waals surface area contributed by atoms with Crippen LogP contribution >= 0.6 is 11.6 Å². The zero-order valence-corrected chi connectivity index (χ0v) is 16.1. The molecule has 1 heterocycles. The molecule has 4 rings (SSSR count). The molecule has 0 saturated heterocycles. The van der Waals surface area contributed by atoms with Gasteiger partial charge in [0.1, 0.15) is 5.88 Å². The van der Waals surface area contributed by atoms with E-state index >= 15 is 0 Å². The Kier molecular flexibility index (Phi) is 4.98. The van der Waals surface area contributed by atoms with Gasteiger partial charge in [0, 0.05) is 5.56 Å². The number of aromatic nitrogens is 2. The van der Waals surface area contributed by atoms with Gasteiger partial charge in [-0.15, -0.1) is 11.6 Å². The molecule has 0 unspecified atom stereocenters. The quantitative estimate of drug-likeness (QED) is 0.606. The zero-order chi connectivity index (χ0) is 19.8. The Morgan fingerprint density at radius 3 is 2.61 bits per heavy atom. The molecule has 0 atom stereocenters. The van der Waals surface area contributed by atoms with Crippen LogP contribution in [0.5, 0.6) is 0 Å². The fourth-order valence-corrected chi connectivity index (χ4v) is 3.95. The summed E-state index contributed by atoms with van der Waals surface area (Å²) in [6, 6.07) is 7.23. The second kappa shape index (κ2) is 7.43. The first-order valence-electron chi connectivity index (χ1n) is 9.07. The maximum Gasteiger partial charge on any atom is 0.243 e. The van der Waals surface area contributed by atoms with Gasteiger partial charge in [-0.2, -0.15) is 0 Å². The number of rotatable bonds is 4. The Bertz CT molecular complexity index is 1090. The molecule has 0 N–H and O–H groups in total. The lowest BCUT2D eigenvalue weighted by Gasteiger charge is -2.23. The van der Waals surface area contributed by atoms with Crippen LogP contribution in [0, 0.1) is 18.6 Å². The molecule has 7 heteroatoms. The van der Waals surface area contributed by atoms with Crippen molar-refractivity contribution in [1.82, 2.24) is 9.97 Å². The lowest BCUT2D eigenvalue weighted by Crippen LogP contribution is -2.33. The zero-order valence-electron chi connectivity index (χ0n) is 15.3. The predicted octanol–water partition coefficient (Wildman–Crippen LogP) is 4.48. The summed E-state index contributed by atoms with van der Waals surface area (Å²) >= 11 is 5.78. The summed E-state index contributed by atoms with van der Waals surface area (Å²) in [5.74, 6) is -2.21. The summed E-state index contributed by atoms with van der Waals surface area (Å²) in [5.41, 5.74) is 3.43. The number of para-hydroxylation sites is 2. The van der Waals surface area contributed by atoms with Crippen LogP contribution in [0.3, 0.4) is 0 Å². The number of nitrogens with zero attached hydrogens (tertiary/aromatic N) is 3. The fourth-order valence-electron chi connectivity index (χ4n) is 3.80. The summed E-state index contributed by atoms with van der Waals surface area (Å²) in [6.45, 7) is 1.62. The molecule has 0 aliphatic heterocycles. The minimum atomic E-state index is -0.903. The fraction of sp³-hybridized carbons (Fsp3) is 0.286. The van der Waals surface area contributed by atoms with Crippen molar-refractivity contribution in [3.8, 4) is 0 Å². The smallest absolute Gasteiger partial charge is 0.243 e. The Balaban J connectivity index is 1.80. The molecule has 144 valence electrons. The number of carbonyl (C=O) groups excluding carboxylic acids is 1. The van der Waals surface area contributed by atoms with E-state index in [-0.39, 0.29) is 23.8 Å². The lowest BCUT2D eigenvalue weighted by atomic mass is 9.97. The number of carbonyl (C=O) groups is 1. The third kappa shape index (κ3) is 3.11.